The highest BCUT2D eigenvalue weighted by Crippen LogP contribution is 2.24. The van der Waals surface area contributed by atoms with Crippen molar-refractivity contribution in [3.63, 3.8) is 0 Å². The third kappa shape index (κ3) is 5.56. The molecule has 17 heavy (non-hydrogen) atoms. The Kier molecular flexibility index (Phi) is 5.48. The van der Waals surface area contributed by atoms with E-state index in [1.165, 1.54) is 12.8 Å². The van der Waals surface area contributed by atoms with Crippen LogP contribution in [0.4, 0.5) is 0 Å². The van der Waals surface area contributed by atoms with Crippen molar-refractivity contribution in [2.45, 2.75) is 52.1 Å². The zero-order valence-electron chi connectivity index (χ0n) is 11.0. The van der Waals surface area contributed by atoms with Crippen LogP contribution in [0, 0.1) is 5.92 Å². The molecule has 0 spiro atoms. The van der Waals surface area contributed by atoms with E-state index in [0.29, 0.717) is 12.3 Å². The van der Waals surface area contributed by atoms with Gasteiger partial charge in [0, 0.05) is 11.4 Å². The lowest BCUT2D eigenvalue weighted by atomic mass is 9.86. The third-order valence-corrected chi connectivity index (χ3v) is 3.32. The molecule has 1 aromatic rings. The minimum Gasteiger partial charge on any atom is -0.390 e. The second kappa shape index (κ2) is 6.42. The second-order valence-corrected chi connectivity index (χ2v) is 5.83. The number of rotatable bonds is 6. The minimum atomic E-state index is -0.623. The molecule has 0 radical (unpaired) electrons. The molecule has 0 aliphatic rings. The first kappa shape index (κ1) is 14.5. The van der Waals surface area contributed by atoms with Gasteiger partial charge in [0.05, 0.1) is 5.60 Å². The average Bonchev–Trinajstić information content (AvgIpc) is 2.20. The fourth-order valence-electron chi connectivity index (χ4n) is 2.46. The van der Waals surface area contributed by atoms with E-state index in [-0.39, 0.29) is 0 Å². The molecule has 96 valence electrons. The first-order valence-corrected chi connectivity index (χ1v) is 6.77. The topological polar surface area (TPSA) is 20.2 Å². The number of hydrogen-bond acceptors (Lipinski definition) is 1. The zero-order valence-corrected chi connectivity index (χ0v) is 11.8. The minimum absolute atomic E-state index is 0.572. The van der Waals surface area contributed by atoms with E-state index >= 15 is 0 Å². The Morgan fingerprint density at radius 2 is 1.88 bits per heavy atom. The Bertz CT molecular complexity index is 329. The third-order valence-electron chi connectivity index (χ3n) is 3.07. The van der Waals surface area contributed by atoms with Gasteiger partial charge in [-0.05, 0) is 37.0 Å². The highest BCUT2D eigenvalue weighted by atomic mass is 35.5. The van der Waals surface area contributed by atoms with Crippen molar-refractivity contribution in [3.05, 3.63) is 34.9 Å². The molecular formula is C15H23ClO. The van der Waals surface area contributed by atoms with Crippen LogP contribution in [0.2, 0.25) is 5.02 Å². The van der Waals surface area contributed by atoms with E-state index in [1.807, 2.05) is 31.2 Å². The van der Waals surface area contributed by atoms with Gasteiger partial charge in [0.25, 0.3) is 0 Å². The van der Waals surface area contributed by atoms with E-state index < -0.39 is 5.60 Å². The van der Waals surface area contributed by atoms with E-state index in [4.69, 9.17) is 11.6 Å². The molecule has 1 nitrogen and oxygen atoms in total. The predicted octanol–water partition coefficient (Wildman–Crippen LogP) is 4.46. The van der Waals surface area contributed by atoms with Crippen molar-refractivity contribution in [1.29, 1.82) is 0 Å². The summed E-state index contributed by atoms with van der Waals surface area (Å²) in [6, 6.07) is 7.73. The Balaban J connectivity index is 2.56. The summed E-state index contributed by atoms with van der Waals surface area (Å²) in [4.78, 5) is 0. The lowest BCUT2D eigenvalue weighted by Gasteiger charge is -2.27. The van der Waals surface area contributed by atoms with Gasteiger partial charge in [-0.2, -0.15) is 0 Å². The fraction of sp³-hybridized carbons (Fsp3) is 0.600. The molecule has 0 amide bonds. The van der Waals surface area contributed by atoms with Crippen molar-refractivity contribution in [1.82, 2.24) is 0 Å². The molecule has 2 unspecified atom stereocenters. The van der Waals surface area contributed by atoms with Gasteiger partial charge in [0.2, 0.25) is 0 Å². The molecule has 1 N–H and O–H groups in total. The number of benzene rings is 1. The van der Waals surface area contributed by atoms with Crippen LogP contribution in [-0.2, 0) is 6.42 Å². The van der Waals surface area contributed by atoms with Gasteiger partial charge < -0.3 is 5.11 Å². The quantitative estimate of drug-likeness (QED) is 0.795. The van der Waals surface area contributed by atoms with E-state index in [0.717, 1.165) is 17.0 Å². The molecule has 2 heteroatoms. The largest absolute Gasteiger partial charge is 0.390 e. The molecular weight excluding hydrogens is 232 g/mol. The summed E-state index contributed by atoms with van der Waals surface area (Å²) >= 11 is 5.85. The van der Waals surface area contributed by atoms with Crippen molar-refractivity contribution in [2.75, 3.05) is 0 Å². The first-order chi connectivity index (χ1) is 7.93. The van der Waals surface area contributed by atoms with Crippen molar-refractivity contribution < 1.29 is 5.11 Å². The average molecular weight is 255 g/mol. The second-order valence-electron chi connectivity index (χ2n) is 5.40. The van der Waals surface area contributed by atoms with E-state index in [2.05, 4.69) is 13.8 Å². The maximum Gasteiger partial charge on any atom is 0.0662 e. The predicted molar refractivity (Wildman–Crippen MR) is 74.5 cm³/mol. The van der Waals surface area contributed by atoms with Crippen LogP contribution < -0.4 is 0 Å². The van der Waals surface area contributed by atoms with Gasteiger partial charge in [-0.3, -0.25) is 0 Å². The smallest absolute Gasteiger partial charge is 0.0662 e. The summed E-state index contributed by atoms with van der Waals surface area (Å²) in [5, 5.41) is 11.1. The number of aliphatic hydroxyl groups is 1. The molecule has 2 atom stereocenters. The summed E-state index contributed by atoms with van der Waals surface area (Å²) in [6.07, 6.45) is 3.90. The van der Waals surface area contributed by atoms with Crippen LogP contribution in [-0.4, -0.2) is 10.7 Å². The zero-order chi connectivity index (χ0) is 12.9. The van der Waals surface area contributed by atoms with Crippen molar-refractivity contribution >= 4 is 11.6 Å². The molecule has 0 heterocycles. The molecule has 0 saturated heterocycles. The van der Waals surface area contributed by atoms with Crippen LogP contribution in [0.3, 0.4) is 0 Å². The SMILES string of the molecule is CCCC(C)CC(C)(O)Cc1ccc(Cl)cc1. The highest BCUT2D eigenvalue weighted by Gasteiger charge is 2.23. The molecule has 0 fully saturated rings. The van der Waals surface area contributed by atoms with Gasteiger partial charge in [-0.1, -0.05) is 50.4 Å². The Hall–Kier alpha value is -0.530. The molecule has 0 saturated carbocycles. The first-order valence-electron chi connectivity index (χ1n) is 6.40. The summed E-state index contributed by atoms with van der Waals surface area (Å²) in [7, 11) is 0. The molecule has 0 bridgehead atoms. The number of halogens is 1. The maximum atomic E-state index is 10.4. The molecule has 1 aromatic carbocycles. The molecule has 1 rings (SSSR count). The maximum absolute atomic E-state index is 10.4. The van der Waals surface area contributed by atoms with E-state index in [9.17, 15) is 5.11 Å². The summed E-state index contributed by atoms with van der Waals surface area (Å²) in [6.45, 7) is 6.32. The van der Waals surface area contributed by atoms with Crippen molar-refractivity contribution in [2.24, 2.45) is 5.92 Å². The lowest BCUT2D eigenvalue weighted by molar-refractivity contribution is 0.0352. The van der Waals surface area contributed by atoms with Crippen LogP contribution >= 0.6 is 11.6 Å². The van der Waals surface area contributed by atoms with Gasteiger partial charge >= 0.3 is 0 Å². The summed E-state index contributed by atoms with van der Waals surface area (Å²) in [5.74, 6) is 0.572. The normalized spacial score (nSPS) is 16.5. The monoisotopic (exact) mass is 254 g/mol. The Morgan fingerprint density at radius 1 is 1.29 bits per heavy atom. The van der Waals surface area contributed by atoms with Gasteiger partial charge in [0.1, 0.15) is 0 Å². The van der Waals surface area contributed by atoms with Gasteiger partial charge in [0.15, 0.2) is 0 Å². The van der Waals surface area contributed by atoms with Crippen LogP contribution in [0.15, 0.2) is 24.3 Å². The van der Waals surface area contributed by atoms with Crippen LogP contribution in [0.1, 0.15) is 45.6 Å². The molecule has 0 aromatic heterocycles. The Morgan fingerprint density at radius 3 is 2.41 bits per heavy atom. The van der Waals surface area contributed by atoms with E-state index in [1.54, 1.807) is 0 Å². The van der Waals surface area contributed by atoms with Crippen LogP contribution in [0.25, 0.3) is 0 Å². The summed E-state index contributed by atoms with van der Waals surface area (Å²) in [5.41, 5.74) is 0.519. The number of hydrogen-bond donors (Lipinski definition) is 1. The van der Waals surface area contributed by atoms with Crippen LogP contribution in [0.5, 0.6) is 0 Å². The standard InChI is InChI=1S/C15H23ClO/c1-4-5-12(2)10-15(3,17)11-13-6-8-14(16)9-7-13/h6-9,12,17H,4-5,10-11H2,1-3H3. The fourth-order valence-corrected chi connectivity index (χ4v) is 2.59. The van der Waals surface area contributed by atoms with Gasteiger partial charge in [-0.15, -0.1) is 0 Å². The highest BCUT2D eigenvalue weighted by molar-refractivity contribution is 6.30. The van der Waals surface area contributed by atoms with Gasteiger partial charge in [-0.25, -0.2) is 0 Å². The molecule has 0 aliphatic carbocycles. The molecule has 0 aliphatic heterocycles. The summed E-state index contributed by atoms with van der Waals surface area (Å²) < 4.78 is 0. The van der Waals surface area contributed by atoms with Crippen molar-refractivity contribution in [3.8, 4) is 0 Å². The Labute approximate surface area is 110 Å². The lowest BCUT2D eigenvalue weighted by Crippen LogP contribution is -2.29.